The van der Waals surface area contributed by atoms with Crippen molar-refractivity contribution >= 4 is 11.7 Å². The van der Waals surface area contributed by atoms with Gasteiger partial charge >= 0.3 is 6.03 Å². The lowest BCUT2D eigenvalue weighted by Crippen LogP contribution is -2.30. The number of urea groups is 1. The Morgan fingerprint density at radius 1 is 1.40 bits per heavy atom. The second kappa shape index (κ2) is 5.24. The summed E-state index contributed by atoms with van der Waals surface area (Å²) in [5, 5.41) is 2.78. The number of nitrogens with one attached hydrogen (secondary N) is 1. The molecule has 15 heavy (non-hydrogen) atoms. The fraction of sp³-hybridized carbons (Fsp3) is 0.364. The quantitative estimate of drug-likeness (QED) is 0.827. The Morgan fingerprint density at radius 3 is 2.47 bits per heavy atom. The van der Waals surface area contributed by atoms with Crippen LogP contribution in [-0.2, 0) is 0 Å². The van der Waals surface area contributed by atoms with Crippen LogP contribution < -0.4 is 10.1 Å². The second-order valence-electron chi connectivity index (χ2n) is 3.17. The monoisotopic (exact) mass is 208 g/mol. The highest BCUT2D eigenvalue weighted by Crippen LogP contribution is 2.15. The lowest BCUT2D eigenvalue weighted by atomic mass is 10.3. The summed E-state index contributed by atoms with van der Waals surface area (Å²) in [4.78, 5) is 13.1. The molecule has 4 heteroatoms. The third kappa shape index (κ3) is 3.16. The first-order valence-corrected chi connectivity index (χ1v) is 4.83. The number of rotatable bonds is 3. The van der Waals surface area contributed by atoms with Gasteiger partial charge in [0.05, 0.1) is 7.11 Å². The SMILES string of the molecule is CCN(C)C(=O)Nc1ccc(OC)cc1. The molecule has 82 valence electrons. The topological polar surface area (TPSA) is 41.6 Å². The first kappa shape index (κ1) is 11.4. The van der Waals surface area contributed by atoms with Gasteiger partial charge in [0, 0.05) is 19.3 Å². The van der Waals surface area contributed by atoms with E-state index in [-0.39, 0.29) is 6.03 Å². The van der Waals surface area contributed by atoms with E-state index in [2.05, 4.69) is 5.32 Å². The third-order valence-electron chi connectivity index (χ3n) is 2.16. The fourth-order valence-corrected chi connectivity index (χ4v) is 1.04. The molecule has 2 amide bonds. The van der Waals surface area contributed by atoms with E-state index in [0.717, 1.165) is 11.4 Å². The molecule has 1 N–H and O–H groups in total. The van der Waals surface area contributed by atoms with E-state index in [4.69, 9.17) is 4.74 Å². The third-order valence-corrected chi connectivity index (χ3v) is 2.16. The van der Waals surface area contributed by atoms with Crippen molar-refractivity contribution in [2.24, 2.45) is 0 Å². The Morgan fingerprint density at radius 2 is 2.00 bits per heavy atom. The highest BCUT2D eigenvalue weighted by molar-refractivity contribution is 5.89. The summed E-state index contributed by atoms with van der Waals surface area (Å²) >= 11 is 0. The van der Waals surface area contributed by atoms with E-state index >= 15 is 0 Å². The molecule has 0 heterocycles. The number of benzene rings is 1. The predicted octanol–water partition coefficient (Wildman–Crippen LogP) is 2.18. The molecule has 0 saturated carbocycles. The smallest absolute Gasteiger partial charge is 0.321 e. The van der Waals surface area contributed by atoms with Crippen LogP contribution in [0, 0.1) is 0 Å². The van der Waals surface area contributed by atoms with Gasteiger partial charge in [0.2, 0.25) is 0 Å². The predicted molar refractivity (Wildman–Crippen MR) is 60.3 cm³/mol. The maximum absolute atomic E-state index is 11.5. The van der Waals surface area contributed by atoms with Crippen molar-refractivity contribution in [3.05, 3.63) is 24.3 Å². The first-order valence-electron chi connectivity index (χ1n) is 4.83. The van der Waals surface area contributed by atoms with Gasteiger partial charge in [-0.25, -0.2) is 4.79 Å². The minimum Gasteiger partial charge on any atom is -0.497 e. The minimum absolute atomic E-state index is 0.109. The molecule has 1 aromatic carbocycles. The van der Waals surface area contributed by atoms with Crippen LogP contribution in [0.3, 0.4) is 0 Å². The van der Waals surface area contributed by atoms with Crippen molar-refractivity contribution in [2.45, 2.75) is 6.92 Å². The summed E-state index contributed by atoms with van der Waals surface area (Å²) in [5.41, 5.74) is 0.765. The number of hydrogen-bond acceptors (Lipinski definition) is 2. The normalized spacial score (nSPS) is 9.53. The van der Waals surface area contributed by atoms with E-state index in [1.807, 2.05) is 19.1 Å². The minimum atomic E-state index is -0.109. The van der Waals surface area contributed by atoms with Crippen molar-refractivity contribution in [3.8, 4) is 5.75 Å². The van der Waals surface area contributed by atoms with Gasteiger partial charge in [-0.2, -0.15) is 0 Å². The van der Waals surface area contributed by atoms with Crippen molar-refractivity contribution in [3.63, 3.8) is 0 Å². The molecule has 0 radical (unpaired) electrons. The molecule has 1 rings (SSSR count). The lowest BCUT2D eigenvalue weighted by Gasteiger charge is -2.15. The fourth-order valence-electron chi connectivity index (χ4n) is 1.04. The van der Waals surface area contributed by atoms with Crippen LogP contribution >= 0.6 is 0 Å². The number of amides is 2. The van der Waals surface area contributed by atoms with Gasteiger partial charge in [0.15, 0.2) is 0 Å². The van der Waals surface area contributed by atoms with E-state index < -0.39 is 0 Å². The van der Waals surface area contributed by atoms with Crippen LogP contribution in [0.5, 0.6) is 5.75 Å². The molecule has 0 aliphatic rings. The summed E-state index contributed by atoms with van der Waals surface area (Å²) in [5.74, 6) is 0.775. The summed E-state index contributed by atoms with van der Waals surface area (Å²) in [7, 11) is 3.36. The van der Waals surface area contributed by atoms with Crippen LogP contribution in [0.2, 0.25) is 0 Å². The van der Waals surface area contributed by atoms with Gasteiger partial charge in [0.25, 0.3) is 0 Å². The number of carbonyl (C=O) groups is 1. The summed E-state index contributed by atoms with van der Waals surface area (Å²) in [6, 6.07) is 7.12. The summed E-state index contributed by atoms with van der Waals surface area (Å²) < 4.78 is 5.02. The van der Waals surface area contributed by atoms with E-state index in [1.165, 1.54) is 0 Å². The Hall–Kier alpha value is -1.71. The van der Waals surface area contributed by atoms with Crippen LogP contribution in [0.15, 0.2) is 24.3 Å². The highest BCUT2D eigenvalue weighted by Gasteiger charge is 2.05. The van der Waals surface area contributed by atoms with Gasteiger partial charge < -0.3 is 15.0 Å². The molecular weight excluding hydrogens is 192 g/mol. The molecule has 0 aliphatic heterocycles. The number of carbonyl (C=O) groups excluding carboxylic acids is 1. The maximum atomic E-state index is 11.5. The summed E-state index contributed by atoms with van der Waals surface area (Å²) in [6.45, 7) is 2.61. The van der Waals surface area contributed by atoms with E-state index in [9.17, 15) is 4.79 Å². The number of methoxy groups -OCH3 is 1. The Labute approximate surface area is 89.8 Å². The molecule has 0 fully saturated rings. The van der Waals surface area contributed by atoms with Gasteiger partial charge in [-0.1, -0.05) is 0 Å². The Bertz CT molecular complexity index is 322. The van der Waals surface area contributed by atoms with Gasteiger partial charge in [-0.3, -0.25) is 0 Å². The standard InChI is InChI=1S/C11H16N2O2/c1-4-13(2)11(14)12-9-5-7-10(15-3)8-6-9/h5-8H,4H2,1-3H3,(H,12,14). The number of ether oxygens (including phenoxy) is 1. The van der Waals surface area contributed by atoms with E-state index in [1.54, 1.807) is 31.2 Å². The number of hydrogen-bond donors (Lipinski definition) is 1. The molecular formula is C11H16N2O2. The molecule has 1 aromatic rings. The number of anilines is 1. The summed E-state index contributed by atoms with van der Waals surface area (Å²) in [6.07, 6.45) is 0. The Kier molecular flexibility index (Phi) is 3.97. The first-order chi connectivity index (χ1) is 7.17. The average molecular weight is 208 g/mol. The van der Waals surface area contributed by atoms with Crippen LogP contribution in [0.1, 0.15) is 6.92 Å². The zero-order valence-corrected chi connectivity index (χ0v) is 9.28. The zero-order chi connectivity index (χ0) is 11.3. The lowest BCUT2D eigenvalue weighted by molar-refractivity contribution is 0.224. The number of nitrogens with zero attached hydrogens (tertiary/aromatic N) is 1. The van der Waals surface area contributed by atoms with Crippen molar-refractivity contribution in [2.75, 3.05) is 26.0 Å². The Balaban J connectivity index is 2.61. The zero-order valence-electron chi connectivity index (χ0n) is 9.28. The molecule has 0 atom stereocenters. The largest absolute Gasteiger partial charge is 0.497 e. The van der Waals surface area contributed by atoms with Crippen LogP contribution in [0.4, 0.5) is 10.5 Å². The molecule has 4 nitrogen and oxygen atoms in total. The molecule has 0 bridgehead atoms. The van der Waals surface area contributed by atoms with Crippen molar-refractivity contribution in [1.82, 2.24) is 4.90 Å². The van der Waals surface area contributed by atoms with Gasteiger partial charge in [-0.15, -0.1) is 0 Å². The highest BCUT2D eigenvalue weighted by atomic mass is 16.5. The molecule has 0 saturated heterocycles. The van der Waals surface area contributed by atoms with Crippen LogP contribution in [0.25, 0.3) is 0 Å². The second-order valence-corrected chi connectivity index (χ2v) is 3.17. The maximum Gasteiger partial charge on any atom is 0.321 e. The van der Waals surface area contributed by atoms with Gasteiger partial charge in [-0.05, 0) is 31.2 Å². The molecule has 0 aliphatic carbocycles. The average Bonchev–Trinajstić information content (AvgIpc) is 2.29. The van der Waals surface area contributed by atoms with Gasteiger partial charge in [0.1, 0.15) is 5.75 Å². The van der Waals surface area contributed by atoms with Crippen molar-refractivity contribution < 1.29 is 9.53 Å². The van der Waals surface area contributed by atoms with E-state index in [0.29, 0.717) is 6.54 Å². The molecule has 0 unspecified atom stereocenters. The van der Waals surface area contributed by atoms with Crippen LogP contribution in [-0.4, -0.2) is 31.6 Å². The molecule has 0 spiro atoms. The molecule has 0 aromatic heterocycles. The van der Waals surface area contributed by atoms with Crippen molar-refractivity contribution in [1.29, 1.82) is 0 Å².